The van der Waals surface area contributed by atoms with Crippen molar-refractivity contribution < 1.29 is 4.74 Å². The highest BCUT2D eigenvalue weighted by molar-refractivity contribution is 9.09. The van der Waals surface area contributed by atoms with Crippen molar-refractivity contribution in [3.63, 3.8) is 0 Å². The van der Waals surface area contributed by atoms with Gasteiger partial charge in [-0.2, -0.15) is 0 Å². The number of ether oxygens (including phenoxy) is 1. The van der Waals surface area contributed by atoms with Gasteiger partial charge in [0.1, 0.15) is 5.75 Å². The standard InChI is InChI=1S/C17H17BrN2O/c18-7-9-21-16-3-1-2-13(10-16)12-20-8-6-14-11-15(19)4-5-17(14)20/h1-6,8,10-11H,7,9,12,19H2. The summed E-state index contributed by atoms with van der Waals surface area (Å²) in [6.07, 6.45) is 2.09. The number of anilines is 1. The first kappa shape index (κ1) is 14.0. The van der Waals surface area contributed by atoms with Crippen LogP contribution >= 0.6 is 15.9 Å². The molecule has 3 nitrogen and oxygen atoms in total. The molecule has 2 N–H and O–H groups in total. The summed E-state index contributed by atoms with van der Waals surface area (Å²) in [6.45, 7) is 1.49. The molecule has 0 saturated heterocycles. The molecule has 1 aromatic heterocycles. The monoisotopic (exact) mass is 344 g/mol. The van der Waals surface area contributed by atoms with E-state index in [9.17, 15) is 0 Å². The zero-order chi connectivity index (χ0) is 14.7. The van der Waals surface area contributed by atoms with Gasteiger partial charge >= 0.3 is 0 Å². The third-order valence-electron chi connectivity index (χ3n) is 3.39. The molecule has 3 aromatic rings. The molecule has 3 rings (SSSR count). The first-order valence-electron chi connectivity index (χ1n) is 6.88. The van der Waals surface area contributed by atoms with Crippen LogP contribution in [0.2, 0.25) is 0 Å². The van der Waals surface area contributed by atoms with Crippen molar-refractivity contribution in [2.75, 3.05) is 17.7 Å². The van der Waals surface area contributed by atoms with Gasteiger partial charge in [-0.15, -0.1) is 0 Å². The number of aromatic nitrogens is 1. The van der Waals surface area contributed by atoms with Crippen molar-refractivity contribution in [2.24, 2.45) is 0 Å². The van der Waals surface area contributed by atoms with Crippen molar-refractivity contribution in [3.05, 3.63) is 60.3 Å². The zero-order valence-electron chi connectivity index (χ0n) is 11.6. The SMILES string of the molecule is Nc1ccc2c(ccn2Cc2cccc(OCCBr)c2)c1. The molecule has 0 saturated carbocycles. The lowest BCUT2D eigenvalue weighted by Crippen LogP contribution is -2.01. The number of nitrogen functional groups attached to an aromatic ring is 1. The van der Waals surface area contributed by atoms with Crippen molar-refractivity contribution in [2.45, 2.75) is 6.54 Å². The average Bonchev–Trinajstić information content (AvgIpc) is 2.87. The van der Waals surface area contributed by atoms with Crippen LogP contribution in [-0.2, 0) is 6.54 Å². The molecule has 0 amide bonds. The van der Waals surface area contributed by atoms with E-state index in [1.807, 2.05) is 24.3 Å². The maximum Gasteiger partial charge on any atom is 0.119 e. The minimum atomic E-state index is 0.676. The lowest BCUT2D eigenvalue weighted by Gasteiger charge is -2.09. The summed E-state index contributed by atoms with van der Waals surface area (Å²) < 4.78 is 7.87. The molecule has 1 heterocycles. The average molecular weight is 345 g/mol. The zero-order valence-corrected chi connectivity index (χ0v) is 13.2. The van der Waals surface area contributed by atoms with Crippen molar-refractivity contribution in [1.29, 1.82) is 0 Å². The Morgan fingerprint density at radius 3 is 2.86 bits per heavy atom. The Bertz CT molecular complexity index is 751. The van der Waals surface area contributed by atoms with Crippen LogP contribution in [0.25, 0.3) is 10.9 Å². The second-order valence-electron chi connectivity index (χ2n) is 4.95. The number of nitrogens with two attached hydrogens (primary N) is 1. The first-order valence-corrected chi connectivity index (χ1v) is 8.00. The summed E-state index contributed by atoms with van der Waals surface area (Å²) in [5.41, 5.74) is 9.03. The second-order valence-corrected chi connectivity index (χ2v) is 5.74. The molecule has 0 aliphatic carbocycles. The van der Waals surface area contributed by atoms with Gasteiger partial charge in [0.2, 0.25) is 0 Å². The van der Waals surface area contributed by atoms with Crippen LogP contribution in [0.1, 0.15) is 5.56 Å². The maximum absolute atomic E-state index is 5.82. The summed E-state index contributed by atoms with van der Waals surface area (Å²) >= 11 is 3.37. The van der Waals surface area contributed by atoms with E-state index in [0.29, 0.717) is 6.61 Å². The summed E-state index contributed by atoms with van der Waals surface area (Å²) in [7, 11) is 0. The fourth-order valence-electron chi connectivity index (χ4n) is 2.44. The molecule has 0 spiro atoms. The van der Waals surface area contributed by atoms with E-state index in [1.165, 1.54) is 16.5 Å². The quantitative estimate of drug-likeness (QED) is 0.560. The van der Waals surface area contributed by atoms with Crippen LogP contribution in [0.3, 0.4) is 0 Å². The van der Waals surface area contributed by atoms with Crippen molar-refractivity contribution >= 4 is 32.5 Å². The van der Waals surface area contributed by atoms with E-state index in [4.69, 9.17) is 10.5 Å². The van der Waals surface area contributed by atoms with E-state index in [-0.39, 0.29) is 0 Å². The maximum atomic E-state index is 5.82. The van der Waals surface area contributed by atoms with Crippen LogP contribution in [0, 0.1) is 0 Å². The Labute approximate surface area is 132 Å². The van der Waals surface area contributed by atoms with Gasteiger partial charge in [0.05, 0.1) is 6.61 Å². The molecule has 0 unspecified atom stereocenters. The predicted molar refractivity (Wildman–Crippen MR) is 91.2 cm³/mol. The molecule has 0 atom stereocenters. The molecular formula is C17H17BrN2O. The molecule has 0 fully saturated rings. The molecule has 0 aliphatic heterocycles. The third kappa shape index (κ3) is 3.22. The van der Waals surface area contributed by atoms with E-state index in [2.05, 4.69) is 51.0 Å². The lowest BCUT2D eigenvalue weighted by atomic mass is 10.2. The minimum absolute atomic E-state index is 0.676. The number of nitrogens with zero attached hydrogens (tertiary/aromatic N) is 1. The highest BCUT2D eigenvalue weighted by Crippen LogP contribution is 2.21. The number of alkyl halides is 1. The van der Waals surface area contributed by atoms with Crippen LogP contribution in [-0.4, -0.2) is 16.5 Å². The van der Waals surface area contributed by atoms with Gasteiger partial charge in [-0.1, -0.05) is 28.1 Å². The lowest BCUT2D eigenvalue weighted by molar-refractivity contribution is 0.344. The van der Waals surface area contributed by atoms with Gasteiger partial charge < -0.3 is 15.0 Å². The van der Waals surface area contributed by atoms with Gasteiger partial charge in [-0.25, -0.2) is 0 Å². The Morgan fingerprint density at radius 2 is 2.00 bits per heavy atom. The first-order chi connectivity index (χ1) is 10.3. The molecular weight excluding hydrogens is 328 g/mol. The summed E-state index contributed by atoms with van der Waals surface area (Å²) in [5, 5.41) is 2.00. The third-order valence-corrected chi connectivity index (χ3v) is 3.72. The largest absolute Gasteiger partial charge is 0.493 e. The molecule has 4 heteroatoms. The van der Waals surface area contributed by atoms with Gasteiger partial charge in [-0.3, -0.25) is 0 Å². The van der Waals surface area contributed by atoms with Crippen LogP contribution in [0.15, 0.2) is 54.7 Å². The Balaban J connectivity index is 1.84. The Kier molecular flexibility index (Phi) is 4.15. The molecule has 0 radical (unpaired) electrons. The number of fused-ring (bicyclic) bond motifs is 1. The van der Waals surface area contributed by atoms with E-state index >= 15 is 0 Å². The summed E-state index contributed by atoms with van der Waals surface area (Å²) in [5.74, 6) is 0.910. The number of halogens is 1. The molecule has 0 bridgehead atoms. The number of benzene rings is 2. The van der Waals surface area contributed by atoms with Crippen LogP contribution in [0.5, 0.6) is 5.75 Å². The summed E-state index contributed by atoms with van der Waals surface area (Å²) in [6, 6.07) is 16.3. The summed E-state index contributed by atoms with van der Waals surface area (Å²) in [4.78, 5) is 0. The van der Waals surface area contributed by atoms with Gasteiger partial charge in [0, 0.05) is 34.7 Å². The smallest absolute Gasteiger partial charge is 0.119 e. The second kappa shape index (κ2) is 6.22. The van der Waals surface area contributed by atoms with E-state index in [0.717, 1.165) is 23.3 Å². The highest BCUT2D eigenvalue weighted by atomic mass is 79.9. The predicted octanol–water partition coefficient (Wildman–Crippen LogP) is 4.05. The number of hydrogen-bond donors (Lipinski definition) is 1. The van der Waals surface area contributed by atoms with E-state index < -0.39 is 0 Å². The fourth-order valence-corrected chi connectivity index (χ4v) is 2.61. The van der Waals surface area contributed by atoms with Crippen molar-refractivity contribution in [1.82, 2.24) is 4.57 Å². The fraction of sp³-hybridized carbons (Fsp3) is 0.176. The Morgan fingerprint density at radius 1 is 1.10 bits per heavy atom. The molecule has 21 heavy (non-hydrogen) atoms. The topological polar surface area (TPSA) is 40.2 Å². The molecule has 0 aliphatic rings. The van der Waals surface area contributed by atoms with Gasteiger partial charge in [0.25, 0.3) is 0 Å². The van der Waals surface area contributed by atoms with E-state index in [1.54, 1.807) is 0 Å². The van der Waals surface area contributed by atoms with Crippen molar-refractivity contribution in [3.8, 4) is 5.75 Å². The van der Waals surface area contributed by atoms with Gasteiger partial charge in [0.15, 0.2) is 0 Å². The number of hydrogen-bond acceptors (Lipinski definition) is 2. The molecule has 2 aromatic carbocycles. The van der Waals surface area contributed by atoms with Crippen LogP contribution < -0.4 is 10.5 Å². The Hall–Kier alpha value is -1.94. The van der Waals surface area contributed by atoms with Gasteiger partial charge in [-0.05, 0) is 42.0 Å². The normalized spacial score (nSPS) is 10.9. The van der Waals surface area contributed by atoms with Crippen LogP contribution in [0.4, 0.5) is 5.69 Å². The minimum Gasteiger partial charge on any atom is -0.493 e. The number of rotatable bonds is 5. The molecule has 108 valence electrons. The highest BCUT2D eigenvalue weighted by Gasteiger charge is 2.03.